The standard InChI is InChI=1S/C19H24N2O3/c1-23-17-8-6-15(7-9-17)10-12-20-13-11-19(22)21-16-4-3-5-18(14-16)24-2/h3-9,14,20H,10-13H2,1-2H3,(H,21,22). The molecule has 0 aliphatic carbocycles. The molecule has 2 aromatic rings. The first-order valence-electron chi connectivity index (χ1n) is 7.99. The van der Waals surface area contributed by atoms with Gasteiger partial charge in [-0.2, -0.15) is 0 Å². The normalized spacial score (nSPS) is 10.2. The van der Waals surface area contributed by atoms with Gasteiger partial charge in [-0.05, 0) is 42.8 Å². The van der Waals surface area contributed by atoms with Gasteiger partial charge in [0.1, 0.15) is 11.5 Å². The van der Waals surface area contributed by atoms with Crippen molar-refractivity contribution in [3.05, 3.63) is 54.1 Å². The minimum absolute atomic E-state index is 0.0137. The Kier molecular flexibility index (Phi) is 7.11. The molecule has 5 nitrogen and oxygen atoms in total. The van der Waals surface area contributed by atoms with E-state index in [2.05, 4.69) is 22.8 Å². The monoisotopic (exact) mass is 328 g/mol. The third-order valence-electron chi connectivity index (χ3n) is 3.63. The van der Waals surface area contributed by atoms with E-state index in [9.17, 15) is 4.79 Å². The maximum Gasteiger partial charge on any atom is 0.225 e. The van der Waals surface area contributed by atoms with Crippen molar-refractivity contribution in [1.82, 2.24) is 5.32 Å². The smallest absolute Gasteiger partial charge is 0.225 e. The van der Waals surface area contributed by atoms with Gasteiger partial charge in [-0.1, -0.05) is 18.2 Å². The third-order valence-corrected chi connectivity index (χ3v) is 3.63. The summed E-state index contributed by atoms with van der Waals surface area (Å²) in [7, 11) is 3.26. The van der Waals surface area contributed by atoms with Crippen molar-refractivity contribution in [3.63, 3.8) is 0 Å². The summed E-state index contributed by atoms with van der Waals surface area (Å²) < 4.78 is 10.3. The number of methoxy groups -OCH3 is 2. The molecule has 5 heteroatoms. The van der Waals surface area contributed by atoms with Crippen molar-refractivity contribution in [3.8, 4) is 11.5 Å². The first kappa shape index (κ1) is 17.8. The van der Waals surface area contributed by atoms with Gasteiger partial charge < -0.3 is 20.1 Å². The van der Waals surface area contributed by atoms with Gasteiger partial charge in [0.2, 0.25) is 5.91 Å². The molecule has 0 bridgehead atoms. The van der Waals surface area contributed by atoms with Gasteiger partial charge in [-0.3, -0.25) is 4.79 Å². The zero-order valence-electron chi connectivity index (χ0n) is 14.2. The molecule has 2 rings (SSSR count). The van der Waals surface area contributed by atoms with Crippen LogP contribution in [0.25, 0.3) is 0 Å². The van der Waals surface area contributed by atoms with E-state index in [4.69, 9.17) is 9.47 Å². The van der Waals surface area contributed by atoms with Crippen LogP contribution >= 0.6 is 0 Å². The van der Waals surface area contributed by atoms with Crippen molar-refractivity contribution < 1.29 is 14.3 Å². The van der Waals surface area contributed by atoms with Crippen LogP contribution in [0.1, 0.15) is 12.0 Å². The zero-order chi connectivity index (χ0) is 17.2. The largest absolute Gasteiger partial charge is 0.497 e. The highest BCUT2D eigenvalue weighted by atomic mass is 16.5. The number of carbonyl (C=O) groups excluding carboxylic acids is 1. The number of anilines is 1. The van der Waals surface area contributed by atoms with Gasteiger partial charge in [0.25, 0.3) is 0 Å². The molecular formula is C19H24N2O3. The van der Waals surface area contributed by atoms with Gasteiger partial charge in [0.05, 0.1) is 14.2 Å². The number of hydrogen-bond donors (Lipinski definition) is 2. The highest BCUT2D eigenvalue weighted by Crippen LogP contribution is 2.16. The molecule has 0 aliphatic rings. The fourth-order valence-corrected chi connectivity index (χ4v) is 2.28. The highest BCUT2D eigenvalue weighted by molar-refractivity contribution is 5.90. The maximum absolute atomic E-state index is 11.9. The molecular weight excluding hydrogens is 304 g/mol. The number of hydrogen-bond acceptors (Lipinski definition) is 4. The van der Waals surface area contributed by atoms with Crippen molar-refractivity contribution in [2.24, 2.45) is 0 Å². The molecule has 0 radical (unpaired) electrons. The Morgan fingerprint density at radius 1 is 0.958 bits per heavy atom. The average molecular weight is 328 g/mol. The first-order chi connectivity index (χ1) is 11.7. The van der Waals surface area contributed by atoms with Crippen LogP contribution in [0.5, 0.6) is 11.5 Å². The lowest BCUT2D eigenvalue weighted by atomic mass is 10.1. The molecule has 0 aliphatic heterocycles. The van der Waals surface area contributed by atoms with Crippen LogP contribution in [-0.2, 0) is 11.2 Å². The van der Waals surface area contributed by atoms with Gasteiger partial charge in [0, 0.05) is 24.7 Å². The average Bonchev–Trinajstić information content (AvgIpc) is 2.62. The minimum Gasteiger partial charge on any atom is -0.497 e. The van der Waals surface area contributed by atoms with Crippen LogP contribution in [0, 0.1) is 0 Å². The van der Waals surface area contributed by atoms with Crippen molar-refractivity contribution in [2.75, 3.05) is 32.6 Å². The molecule has 2 aromatic carbocycles. The van der Waals surface area contributed by atoms with Gasteiger partial charge in [0.15, 0.2) is 0 Å². The van der Waals surface area contributed by atoms with Crippen LogP contribution < -0.4 is 20.1 Å². The van der Waals surface area contributed by atoms with Crippen molar-refractivity contribution in [1.29, 1.82) is 0 Å². The van der Waals surface area contributed by atoms with Gasteiger partial charge >= 0.3 is 0 Å². The molecule has 0 aromatic heterocycles. The Bertz CT molecular complexity index is 641. The summed E-state index contributed by atoms with van der Waals surface area (Å²) in [4.78, 5) is 11.9. The fraction of sp³-hybridized carbons (Fsp3) is 0.316. The van der Waals surface area contributed by atoms with Gasteiger partial charge in [-0.25, -0.2) is 0 Å². The Hall–Kier alpha value is -2.53. The number of ether oxygens (including phenoxy) is 2. The minimum atomic E-state index is -0.0137. The SMILES string of the molecule is COc1ccc(CCNCCC(=O)Nc2cccc(OC)c2)cc1. The molecule has 128 valence electrons. The molecule has 0 fully saturated rings. The zero-order valence-corrected chi connectivity index (χ0v) is 14.2. The van der Waals surface area contributed by atoms with Crippen molar-refractivity contribution in [2.45, 2.75) is 12.8 Å². The summed E-state index contributed by atoms with van der Waals surface area (Å²) in [6.45, 7) is 1.48. The molecule has 0 heterocycles. The van der Waals surface area contributed by atoms with E-state index in [-0.39, 0.29) is 5.91 Å². The van der Waals surface area contributed by atoms with Crippen LogP contribution in [0.15, 0.2) is 48.5 Å². The summed E-state index contributed by atoms with van der Waals surface area (Å²) >= 11 is 0. The second-order valence-electron chi connectivity index (χ2n) is 5.38. The summed E-state index contributed by atoms with van der Waals surface area (Å²) in [5.74, 6) is 1.58. The summed E-state index contributed by atoms with van der Waals surface area (Å²) in [6, 6.07) is 15.4. The lowest BCUT2D eigenvalue weighted by Crippen LogP contribution is -2.23. The van der Waals surface area contributed by atoms with E-state index < -0.39 is 0 Å². The van der Waals surface area contributed by atoms with Crippen LogP contribution in [0.2, 0.25) is 0 Å². The van der Waals surface area contributed by atoms with E-state index in [1.807, 2.05) is 30.3 Å². The summed E-state index contributed by atoms with van der Waals surface area (Å²) in [5.41, 5.74) is 1.99. The number of nitrogens with one attached hydrogen (secondary N) is 2. The Labute approximate surface area is 143 Å². The Morgan fingerprint density at radius 3 is 2.42 bits per heavy atom. The maximum atomic E-state index is 11.9. The molecule has 0 saturated carbocycles. The van der Waals surface area contributed by atoms with Crippen molar-refractivity contribution >= 4 is 11.6 Å². The predicted molar refractivity (Wildman–Crippen MR) is 95.8 cm³/mol. The van der Waals surface area contributed by atoms with Gasteiger partial charge in [-0.15, -0.1) is 0 Å². The summed E-state index contributed by atoms with van der Waals surface area (Å²) in [5, 5.41) is 6.15. The number of amides is 1. The number of carbonyl (C=O) groups is 1. The highest BCUT2D eigenvalue weighted by Gasteiger charge is 2.03. The lowest BCUT2D eigenvalue weighted by Gasteiger charge is -2.08. The molecule has 0 atom stereocenters. The van der Waals surface area contributed by atoms with E-state index in [0.717, 1.165) is 30.2 Å². The summed E-state index contributed by atoms with van der Waals surface area (Å²) in [6.07, 6.45) is 1.35. The van der Waals surface area contributed by atoms with E-state index in [1.54, 1.807) is 20.3 Å². The Morgan fingerprint density at radius 2 is 1.71 bits per heavy atom. The quantitative estimate of drug-likeness (QED) is 0.695. The molecule has 2 N–H and O–H groups in total. The van der Waals surface area contributed by atoms with Crippen LogP contribution in [0.4, 0.5) is 5.69 Å². The van der Waals surface area contributed by atoms with E-state index in [1.165, 1.54) is 5.56 Å². The first-order valence-corrected chi connectivity index (χ1v) is 7.99. The second kappa shape index (κ2) is 9.57. The molecule has 0 unspecified atom stereocenters. The lowest BCUT2D eigenvalue weighted by molar-refractivity contribution is -0.116. The van der Waals surface area contributed by atoms with Crippen LogP contribution in [-0.4, -0.2) is 33.2 Å². The predicted octanol–water partition coefficient (Wildman–Crippen LogP) is 2.86. The third kappa shape index (κ3) is 5.93. The fourth-order valence-electron chi connectivity index (χ4n) is 2.28. The molecule has 1 amide bonds. The van der Waals surface area contributed by atoms with E-state index in [0.29, 0.717) is 13.0 Å². The molecule has 0 saturated heterocycles. The number of rotatable bonds is 9. The molecule has 24 heavy (non-hydrogen) atoms. The topological polar surface area (TPSA) is 59.6 Å². The van der Waals surface area contributed by atoms with E-state index >= 15 is 0 Å². The Balaban J connectivity index is 1.63. The molecule has 0 spiro atoms. The van der Waals surface area contributed by atoms with Crippen LogP contribution in [0.3, 0.4) is 0 Å². The second-order valence-corrected chi connectivity index (χ2v) is 5.38. The number of benzene rings is 2.